The van der Waals surface area contributed by atoms with Crippen molar-refractivity contribution >= 4 is 0 Å². The largest absolute Gasteiger partial charge is 0.490 e. The second-order valence-electron chi connectivity index (χ2n) is 6.99. The Hall–Kier alpha value is -1.22. The van der Waals surface area contributed by atoms with Gasteiger partial charge in [0.1, 0.15) is 0 Å². The fourth-order valence-electron chi connectivity index (χ4n) is 2.73. The van der Waals surface area contributed by atoms with Crippen LogP contribution in [0.5, 0.6) is 11.5 Å². The molecule has 1 aliphatic carbocycles. The van der Waals surface area contributed by atoms with Crippen molar-refractivity contribution in [2.45, 2.75) is 45.1 Å². The quantitative estimate of drug-likeness (QED) is 0.917. The lowest BCUT2D eigenvalue weighted by Crippen LogP contribution is -2.37. The van der Waals surface area contributed by atoms with Crippen LogP contribution in [0.15, 0.2) is 18.2 Å². The van der Waals surface area contributed by atoms with Crippen molar-refractivity contribution in [1.82, 2.24) is 5.32 Å². The molecule has 1 aliphatic heterocycles. The lowest BCUT2D eigenvalue weighted by atomic mass is 10.1. The highest BCUT2D eigenvalue weighted by Gasteiger charge is 2.38. The van der Waals surface area contributed by atoms with Crippen molar-refractivity contribution < 1.29 is 9.47 Å². The monoisotopic (exact) mass is 275 g/mol. The van der Waals surface area contributed by atoms with Gasteiger partial charge in [0.15, 0.2) is 11.5 Å². The van der Waals surface area contributed by atoms with Crippen molar-refractivity contribution in [1.29, 1.82) is 0 Å². The summed E-state index contributed by atoms with van der Waals surface area (Å²) in [5, 5.41) is 3.60. The summed E-state index contributed by atoms with van der Waals surface area (Å²) in [5.74, 6) is 3.27. The van der Waals surface area contributed by atoms with E-state index >= 15 is 0 Å². The van der Waals surface area contributed by atoms with Crippen LogP contribution in [0.25, 0.3) is 0 Å². The van der Waals surface area contributed by atoms with Gasteiger partial charge in [-0.15, -0.1) is 0 Å². The summed E-state index contributed by atoms with van der Waals surface area (Å²) in [6, 6.07) is 6.46. The molecule has 0 bridgehead atoms. The zero-order valence-corrected chi connectivity index (χ0v) is 12.7. The van der Waals surface area contributed by atoms with Gasteiger partial charge in [-0.3, -0.25) is 0 Å². The van der Waals surface area contributed by atoms with Crippen LogP contribution in [-0.2, 0) is 0 Å². The molecule has 2 atom stereocenters. The van der Waals surface area contributed by atoms with Crippen LogP contribution in [-0.4, -0.2) is 25.3 Å². The Morgan fingerprint density at radius 1 is 1.15 bits per heavy atom. The van der Waals surface area contributed by atoms with E-state index in [0.717, 1.165) is 43.6 Å². The minimum absolute atomic E-state index is 0.206. The van der Waals surface area contributed by atoms with Gasteiger partial charge in [0, 0.05) is 12.0 Å². The molecule has 20 heavy (non-hydrogen) atoms. The van der Waals surface area contributed by atoms with Crippen LogP contribution in [0, 0.1) is 5.92 Å². The average Bonchev–Trinajstić information content (AvgIpc) is 3.18. The number of fused-ring (bicyclic) bond motifs is 1. The van der Waals surface area contributed by atoms with Gasteiger partial charge in [-0.1, -0.05) is 6.07 Å². The van der Waals surface area contributed by atoms with Crippen molar-refractivity contribution in [3.8, 4) is 11.5 Å². The third kappa shape index (κ3) is 3.26. The minimum atomic E-state index is 0.206. The third-order valence-corrected chi connectivity index (χ3v) is 4.02. The normalized spacial score (nSPS) is 25.1. The zero-order chi connectivity index (χ0) is 14.2. The molecule has 0 amide bonds. The smallest absolute Gasteiger partial charge is 0.161 e. The number of ether oxygens (including phenoxy) is 2. The van der Waals surface area contributed by atoms with Gasteiger partial charge in [-0.05, 0) is 63.3 Å². The molecule has 1 N–H and O–H groups in total. The minimum Gasteiger partial charge on any atom is -0.490 e. The molecule has 1 aromatic carbocycles. The predicted molar refractivity (Wildman–Crippen MR) is 80.7 cm³/mol. The number of hydrogen-bond donors (Lipinski definition) is 1. The van der Waals surface area contributed by atoms with Crippen molar-refractivity contribution in [2.75, 3.05) is 19.8 Å². The Balaban J connectivity index is 1.63. The van der Waals surface area contributed by atoms with Crippen LogP contribution in [0.2, 0.25) is 0 Å². The SMILES string of the molecule is CC(C)(C)NCC1CC1c1ccc2c(c1)OCCCO2. The highest BCUT2D eigenvalue weighted by molar-refractivity contribution is 5.45. The highest BCUT2D eigenvalue weighted by atomic mass is 16.5. The van der Waals surface area contributed by atoms with E-state index in [1.54, 1.807) is 0 Å². The van der Waals surface area contributed by atoms with Crippen LogP contribution >= 0.6 is 0 Å². The van der Waals surface area contributed by atoms with Crippen molar-refractivity contribution in [2.24, 2.45) is 5.92 Å². The fourth-order valence-corrected chi connectivity index (χ4v) is 2.73. The molecular weight excluding hydrogens is 250 g/mol. The summed E-state index contributed by atoms with van der Waals surface area (Å²) in [6.07, 6.45) is 2.24. The summed E-state index contributed by atoms with van der Waals surface area (Å²) in [5.41, 5.74) is 1.60. The number of nitrogens with one attached hydrogen (secondary N) is 1. The first kappa shape index (κ1) is 13.7. The molecule has 0 saturated heterocycles. The van der Waals surface area contributed by atoms with Crippen molar-refractivity contribution in [3.05, 3.63) is 23.8 Å². The van der Waals surface area contributed by atoms with Gasteiger partial charge in [0.25, 0.3) is 0 Å². The van der Waals surface area contributed by atoms with Crippen molar-refractivity contribution in [3.63, 3.8) is 0 Å². The molecular formula is C17H25NO2. The lowest BCUT2D eigenvalue weighted by molar-refractivity contribution is 0.297. The molecule has 0 aromatic heterocycles. The molecule has 1 saturated carbocycles. The number of hydrogen-bond acceptors (Lipinski definition) is 3. The number of benzene rings is 1. The van der Waals surface area contributed by atoms with Crippen LogP contribution in [0.1, 0.15) is 45.1 Å². The third-order valence-electron chi connectivity index (χ3n) is 4.02. The topological polar surface area (TPSA) is 30.5 Å². The molecule has 0 spiro atoms. The maximum atomic E-state index is 5.78. The second kappa shape index (κ2) is 5.28. The molecule has 110 valence electrons. The van der Waals surface area contributed by atoms with E-state index in [2.05, 4.69) is 44.3 Å². The van der Waals surface area contributed by atoms with Gasteiger partial charge in [0.2, 0.25) is 0 Å². The fraction of sp³-hybridized carbons (Fsp3) is 0.647. The first-order valence-electron chi connectivity index (χ1n) is 7.67. The standard InChI is InChI=1S/C17H25NO2/c1-17(2,3)18-11-13-9-14(13)12-5-6-15-16(10-12)20-8-4-7-19-15/h5-6,10,13-14,18H,4,7-9,11H2,1-3H3. The maximum absolute atomic E-state index is 5.78. The highest BCUT2D eigenvalue weighted by Crippen LogP contribution is 2.49. The molecule has 3 heteroatoms. The van der Waals surface area contributed by atoms with Gasteiger partial charge in [0.05, 0.1) is 13.2 Å². The van der Waals surface area contributed by atoms with E-state index in [4.69, 9.17) is 9.47 Å². The first-order chi connectivity index (χ1) is 9.53. The molecule has 2 aliphatic rings. The summed E-state index contributed by atoms with van der Waals surface area (Å²) in [7, 11) is 0. The lowest BCUT2D eigenvalue weighted by Gasteiger charge is -2.20. The average molecular weight is 275 g/mol. The molecule has 3 nitrogen and oxygen atoms in total. The summed E-state index contributed by atoms with van der Waals surface area (Å²) in [4.78, 5) is 0. The molecule has 0 radical (unpaired) electrons. The van der Waals surface area contributed by atoms with Crippen LogP contribution in [0.4, 0.5) is 0 Å². The Kier molecular flexibility index (Phi) is 3.63. The summed E-state index contributed by atoms with van der Waals surface area (Å²) in [6.45, 7) is 9.28. The Bertz CT molecular complexity index is 478. The summed E-state index contributed by atoms with van der Waals surface area (Å²) >= 11 is 0. The second-order valence-corrected chi connectivity index (χ2v) is 6.99. The zero-order valence-electron chi connectivity index (χ0n) is 12.7. The Labute approximate surface area is 121 Å². The van der Waals surface area contributed by atoms with E-state index in [0.29, 0.717) is 5.92 Å². The Morgan fingerprint density at radius 2 is 1.90 bits per heavy atom. The molecule has 2 unspecified atom stereocenters. The molecule has 1 heterocycles. The van der Waals surface area contributed by atoms with Gasteiger partial charge < -0.3 is 14.8 Å². The van der Waals surface area contributed by atoms with Crippen LogP contribution in [0.3, 0.4) is 0 Å². The van der Waals surface area contributed by atoms with E-state index in [1.807, 2.05) is 0 Å². The van der Waals surface area contributed by atoms with E-state index in [1.165, 1.54) is 12.0 Å². The van der Waals surface area contributed by atoms with E-state index in [9.17, 15) is 0 Å². The summed E-state index contributed by atoms with van der Waals surface area (Å²) < 4.78 is 11.5. The molecule has 3 rings (SSSR count). The molecule has 1 fully saturated rings. The maximum Gasteiger partial charge on any atom is 0.161 e. The molecule has 1 aromatic rings. The van der Waals surface area contributed by atoms with Crippen LogP contribution < -0.4 is 14.8 Å². The van der Waals surface area contributed by atoms with E-state index < -0.39 is 0 Å². The van der Waals surface area contributed by atoms with Gasteiger partial charge in [-0.2, -0.15) is 0 Å². The first-order valence-corrected chi connectivity index (χ1v) is 7.67. The van der Waals surface area contributed by atoms with Gasteiger partial charge >= 0.3 is 0 Å². The number of rotatable bonds is 3. The van der Waals surface area contributed by atoms with Gasteiger partial charge in [-0.25, -0.2) is 0 Å². The Morgan fingerprint density at radius 3 is 2.65 bits per heavy atom. The van der Waals surface area contributed by atoms with E-state index in [-0.39, 0.29) is 5.54 Å². The predicted octanol–water partition coefficient (Wildman–Crippen LogP) is 3.34.